The number of rotatable bonds is 3. The molecule has 0 bridgehead atoms. The average Bonchev–Trinajstić information content (AvgIpc) is 3.11. The maximum absolute atomic E-state index is 14.2. The Morgan fingerprint density at radius 3 is 2.62 bits per heavy atom. The van der Waals surface area contributed by atoms with Crippen molar-refractivity contribution in [3.8, 4) is 0 Å². The van der Waals surface area contributed by atoms with E-state index in [0.29, 0.717) is 11.5 Å². The lowest BCUT2D eigenvalue weighted by Crippen LogP contribution is -2.45. The van der Waals surface area contributed by atoms with Crippen LogP contribution in [0, 0.1) is 11.7 Å². The minimum Gasteiger partial charge on any atom is -0.318 e. The third-order valence-corrected chi connectivity index (χ3v) is 5.56. The molecule has 3 nitrogen and oxygen atoms in total. The van der Waals surface area contributed by atoms with Gasteiger partial charge in [0.25, 0.3) is 0 Å². The van der Waals surface area contributed by atoms with Crippen molar-refractivity contribution in [1.82, 2.24) is 10.2 Å². The Morgan fingerprint density at radius 1 is 1.33 bits per heavy atom. The molecule has 2 saturated carbocycles. The molecule has 1 heterocycles. The Bertz CT molecular complexity index is 580. The van der Waals surface area contributed by atoms with Crippen molar-refractivity contribution in [2.24, 2.45) is 5.92 Å². The van der Waals surface area contributed by atoms with E-state index in [1.165, 1.54) is 25.3 Å². The van der Waals surface area contributed by atoms with Gasteiger partial charge in [0.15, 0.2) is 0 Å². The van der Waals surface area contributed by atoms with Gasteiger partial charge in [0, 0.05) is 11.6 Å². The molecule has 21 heavy (non-hydrogen) atoms. The number of amides is 1. The van der Waals surface area contributed by atoms with Crippen LogP contribution >= 0.6 is 0 Å². The van der Waals surface area contributed by atoms with Crippen LogP contribution in [0.25, 0.3) is 0 Å². The first-order chi connectivity index (χ1) is 10.1. The molecule has 1 N–H and O–H groups in total. The predicted octanol–water partition coefficient (Wildman–Crippen LogP) is 2.98. The van der Waals surface area contributed by atoms with Crippen LogP contribution in [0.5, 0.6) is 0 Å². The fourth-order valence-electron chi connectivity index (χ4n) is 3.73. The fourth-order valence-corrected chi connectivity index (χ4v) is 3.73. The molecular formula is C17H21FN2O. The van der Waals surface area contributed by atoms with Crippen LogP contribution in [0.3, 0.4) is 0 Å². The highest BCUT2D eigenvalue weighted by Crippen LogP contribution is 2.48. The molecular weight excluding hydrogens is 267 g/mol. The molecule has 4 rings (SSSR count). The lowest BCUT2D eigenvalue weighted by molar-refractivity contribution is -0.134. The van der Waals surface area contributed by atoms with E-state index in [1.807, 2.05) is 11.0 Å². The topological polar surface area (TPSA) is 32.3 Å². The van der Waals surface area contributed by atoms with Gasteiger partial charge in [-0.3, -0.25) is 10.1 Å². The zero-order valence-corrected chi connectivity index (χ0v) is 12.3. The number of hydrogen-bond acceptors (Lipinski definition) is 2. The van der Waals surface area contributed by atoms with Gasteiger partial charge in [-0.05, 0) is 44.6 Å². The van der Waals surface area contributed by atoms with Crippen LogP contribution in [0.4, 0.5) is 4.39 Å². The second-order valence-electron chi connectivity index (χ2n) is 6.79. The molecule has 1 saturated heterocycles. The molecule has 4 heteroatoms. The maximum atomic E-state index is 14.2. The van der Waals surface area contributed by atoms with E-state index >= 15 is 0 Å². The summed E-state index contributed by atoms with van der Waals surface area (Å²) < 4.78 is 14.2. The van der Waals surface area contributed by atoms with Gasteiger partial charge >= 0.3 is 0 Å². The average molecular weight is 288 g/mol. The number of benzene rings is 1. The van der Waals surface area contributed by atoms with Gasteiger partial charge in [-0.15, -0.1) is 0 Å². The van der Waals surface area contributed by atoms with E-state index in [1.54, 1.807) is 12.1 Å². The van der Waals surface area contributed by atoms with Crippen molar-refractivity contribution in [2.45, 2.75) is 56.8 Å². The lowest BCUT2D eigenvalue weighted by atomic mass is 9.79. The van der Waals surface area contributed by atoms with Crippen molar-refractivity contribution in [1.29, 1.82) is 0 Å². The highest BCUT2D eigenvalue weighted by Gasteiger charge is 2.61. The highest BCUT2D eigenvalue weighted by atomic mass is 19.1. The van der Waals surface area contributed by atoms with Gasteiger partial charge in [0.1, 0.15) is 17.5 Å². The van der Waals surface area contributed by atoms with Crippen LogP contribution < -0.4 is 5.32 Å². The van der Waals surface area contributed by atoms with Gasteiger partial charge in [-0.2, -0.15) is 0 Å². The maximum Gasteiger partial charge on any atom is 0.244 e. The number of nitrogens with one attached hydrogen (secondary N) is 1. The second-order valence-corrected chi connectivity index (χ2v) is 6.79. The molecule has 2 unspecified atom stereocenters. The minimum atomic E-state index is -0.398. The van der Waals surface area contributed by atoms with E-state index in [0.717, 1.165) is 12.8 Å². The number of nitrogens with zero attached hydrogens (tertiary/aromatic N) is 1. The van der Waals surface area contributed by atoms with E-state index in [-0.39, 0.29) is 23.9 Å². The van der Waals surface area contributed by atoms with Gasteiger partial charge < -0.3 is 4.90 Å². The summed E-state index contributed by atoms with van der Waals surface area (Å²) in [6, 6.07) is 6.99. The summed E-state index contributed by atoms with van der Waals surface area (Å²) in [6.45, 7) is 2.12. The first-order valence-electron chi connectivity index (χ1n) is 7.97. The largest absolute Gasteiger partial charge is 0.318 e. The van der Waals surface area contributed by atoms with Crippen LogP contribution in [-0.4, -0.2) is 22.4 Å². The number of hydrogen-bond donors (Lipinski definition) is 1. The standard InChI is InChI=1S/C17H21FN2O/c1-11(12-5-4-6-12)20-15(13-7-2-3-8-14(13)18)19-17(9-10-17)16(20)21/h2-3,7-8,11-12,15,19H,4-6,9-10H2,1H3. The molecule has 3 aliphatic rings. The van der Waals surface area contributed by atoms with E-state index in [4.69, 9.17) is 0 Å². The zero-order chi connectivity index (χ0) is 14.6. The van der Waals surface area contributed by atoms with Crippen LogP contribution in [0.2, 0.25) is 0 Å². The molecule has 1 aromatic carbocycles. The number of carbonyl (C=O) groups excluding carboxylic acids is 1. The summed E-state index contributed by atoms with van der Waals surface area (Å²) in [5.41, 5.74) is 0.200. The van der Waals surface area contributed by atoms with E-state index < -0.39 is 5.54 Å². The molecule has 2 atom stereocenters. The third-order valence-electron chi connectivity index (χ3n) is 5.56. The predicted molar refractivity (Wildman–Crippen MR) is 77.9 cm³/mol. The molecule has 1 amide bonds. The SMILES string of the molecule is CC(C1CCC1)N1C(=O)C2(CC2)NC1c1ccccc1F. The molecule has 1 aliphatic heterocycles. The fraction of sp³-hybridized carbons (Fsp3) is 0.588. The minimum absolute atomic E-state index is 0.176. The van der Waals surface area contributed by atoms with E-state index in [9.17, 15) is 9.18 Å². The molecule has 112 valence electrons. The van der Waals surface area contributed by atoms with Crippen molar-refractivity contribution >= 4 is 5.91 Å². The molecule has 1 aromatic rings. The molecule has 2 aliphatic carbocycles. The summed E-state index contributed by atoms with van der Waals surface area (Å²) in [4.78, 5) is 14.7. The van der Waals surface area contributed by atoms with Crippen molar-refractivity contribution in [2.75, 3.05) is 0 Å². The van der Waals surface area contributed by atoms with Crippen molar-refractivity contribution < 1.29 is 9.18 Å². The first-order valence-corrected chi connectivity index (χ1v) is 7.97. The quantitative estimate of drug-likeness (QED) is 0.927. The summed E-state index contributed by atoms with van der Waals surface area (Å²) in [5, 5.41) is 3.42. The highest BCUT2D eigenvalue weighted by molar-refractivity contribution is 5.92. The van der Waals surface area contributed by atoms with Gasteiger partial charge in [-0.1, -0.05) is 24.6 Å². The monoisotopic (exact) mass is 288 g/mol. The molecule has 1 spiro atoms. The van der Waals surface area contributed by atoms with Crippen LogP contribution in [0.1, 0.15) is 50.8 Å². The van der Waals surface area contributed by atoms with Crippen molar-refractivity contribution in [3.05, 3.63) is 35.6 Å². The smallest absolute Gasteiger partial charge is 0.244 e. The molecule has 3 fully saturated rings. The Balaban J connectivity index is 1.70. The zero-order valence-electron chi connectivity index (χ0n) is 12.3. The van der Waals surface area contributed by atoms with Gasteiger partial charge in [0.2, 0.25) is 5.91 Å². The third kappa shape index (κ3) is 1.92. The summed E-state index contributed by atoms with van der Waals surface area (Å²) in [5.74, 6) is 0.514. The number of carbonyl (C=O) groups is 1. The van der Waals surface area contributed by atoms with Crippen LogP contribution in [-0.2, 0) is 4.79 Å². The Kier molecular flexibility index (Phi) is 2.86. The lowest BCUT2D eigenvalue weighted by Gasteiger charge is -2.39. The Hall–Kier alpha value is -1.42. The summed E-state index contributed by atoms with van der Waals surface area (Å²) >= 11 is 0. The summed E-state index contributed by atoms with van der Waals surface area (Å²) in [7, 11) is 0. The summed E-state index contributed by atoms with van der Waals surface area (Å²) in [6.07, 6.45) is 5.07. The molecule has 0 radical (unpaired) electrons. The van der Waals surface area contributed by atoms with E-state index in [2.05, 4.69) is 12.2 Å². The second kappa shape index (κ2) is 4.54. The van der Waals surface area contributed by atoms with Gasteiger partial charge in [0.05, 0.1) is 0 Å². The Labute approximate surface area is 124 Å². The molecule has 0 aromatic heterocycles. The first kappa shape index (κ1) is 13.3. The normalized spacial score (nSPS) is 28.8. The number of halogens is 1. The van der Waals surface area contributed by atoms with Gasteiger partial charge in [-0.25, -0.2) is 4.39 Å². The Morgan fingerprint density at radius 2 is 2.05 bits per heavy atom. The van der Waals surface area contributed by atoms with Crippen LogP contribution in [0.15, 0.2) is 24.3 Å². The van der Waals surface area contributed by atoms with Crippen molar-refractivity contribution in [3.63, 3.8) is 0 Å².